The van der Waals surface area contributed by atoms with Gasteiger partial charge in [-0.05, 0) is 30.0 Å². The second kappa shape index (κ2) is 11.6. The highest BCUT2D eigenvalue weighted by Crippen LogP contribution is 2.29. The number of thiophene rings is 1. The zero-order valence-electron chi connectivity index (χ0n) is 20.2. The van der Waals surface area contributed by atoms with Crippen molar-refractivity contribution >= 4 is 52.1 Å². The van der Waals surface area contributed by atoms with Crippen molar-refractivity contribution in [2.45, 2.75) is 24.9 Å². The molecule has 3 rings (SSSR count). The Bertz CT molecular complexity index is 1590. The lowest BCUT2D eigenvalue weighted by Crippen LogP contribution is -2.55. The molecular weight excluding hydrogens is 510 g/mol. The number of aryl methyl sites for hydroxylation is 2. The number of fused-ring (bicyclic) bond motifs is 1. The average Bonchev–Trinajstić information content (AvgIpc) is 3.30. The van der Waals surface area contributed by atoms with Crippen molar-refractivity contribution in [1.82, 2.24) is 9.13 Å². The van der Waals surface area contributed by atoms with Crippen molar-refractivity contribution in [3.63, 3.8) is 0 Å². The van der Waals surface area contributed by atoms with Gasteiger partial charge in [-0.15, -0.1) is 17.9 Å². The zero-order chi connectivity index (χ0) is 28.0. The molecule has 0 aliphatic rings. The van der Waals surface area contributed by atoms with Crippen molar-refractivity contribution < 1.29 is 19.4 Å². The molecule has 0 radical (unpaired) electrons. The van der Waals surface area contributed by atoms with Crippen molar-refractivity contribution in [3.05, 3.63) is 92.0 Å². The van der Waals surface area contributed by atoms with Gasteiger partial charge in [0.05, 0.1) is 5.39 Å². The number of carbonyl (C=O) groups excluding carboxylic acids is 1. The van der Waals surface area contributed by atoms with E-state index in [-0.39, 0.29) is 33.8 Å². The first-order chi connectivity index (χ1) is 18.2. The van der Waals surface area contributed by atoms with Crippen LogP contribution in [0.2, 0.25) is 0 Å². The Kier molecular flexibility index (Phi) is 8.48. The summed E-state index contributed by atoms with van der Waals surface area (Å²) in [5.41, 5.74) is -2.93. The summed E-state index contributed by atoms with van der Waals surface area (Å²) in [6.07, 6.45) is 5.45. The first-order valence-electron chi connectivity index (χ1n) is 11.3. The Morgan fingerprint density at radius 3 is 2.37 bits per heavy atom. The third-order valence-electron chi connectivity index (χ3n) is 5.97. The van der Waals surface area contributed by atoms with Gasteiger partial charge in [0.2, 0.25) is 5.54 Å². The van der Waals surface area contributed by atoms with Gasteiger partial charge >= 0.3 is 17.6 Å². The highest BCUT2D eigenvalue weighted by atomic mass is 32.1. The van der Waals surface area contributed by atoms with Gasteiger partial charge in [-0.25, -0.2) is 19.0 Å². The smallest absolute Gasteiger partial charge is 0.349 e. The van der Waals surface area contributed by atoms with E-state index in [0.717, 1.165) is 45.5 Å². The summed E-state index contributed by atoms with van der Waals surface area (Å²) < 4.78 is 6.55. The summed E-state index contributed by atoms with van der Waals surface area (Å²) in [6, 6.07) is 7.48. The number of nitrogens with one attached hydrogen (secondary N) is 3. The number of allylic oxidation sites excluding steroid dienone is 1. The van der Waals surface area contributed by atoms with Crippen LogP contribution < -0.4 is 11.2 Å². The van der Waals surface area contributed by atoms with Crippen LogP contribution in [0.4, 0.5) is 0 Å². The molecule has 2 aromatic heterocycles. The molecule has 0 saturated heterocycles. The monoisotopic (exact) mass is 535 g/mol. The fraction of sp³-hybridized carbons (Fsp3) is 0.192. The molecule has 196 valence electrons. The Morgan fingerprint density at radius 2 is 1.82 bits per heavy atom. The van der Waals surface area contributed by atoms with E-state index in [1.165, 1.54) is 0 Å². The number of ether oxygens (including phenoxy) is 1. The van der Waals surface area contributed by atoms with Crippen LogP contribution in [0, 0.1) is 16.2 Å². The van der Waals surface area contributed by atoms with Crippen LogP contribution in [0.5, 0.6) is 0 Å². The maximum absolute atomic E-state index is 13.8. The summed E-state index contributed by atoms with van der Waals surface area (Å²) in [4.78, 5) is 52.2. The Morgan fingerprint density at radius 1 is 1.13 bits per heavy atom. The molecule has 38 heavy (non-hydrogen) atoms. The lowest BCUT2D eigenvalue weighted by molar-refractivity contribution is -0.141. The molecule has 2 heterocycles. The Labute approximate surface area is 220 Å². The molecule has 1 unspecified atom stereocenters. The van der Waals surface area contributed by atoms with E-state index in [1.54, 1.807) is 6.08 Å². The van der Waals surface area contributed by atoms with Gasteiger partial charge in [-0.3, -0.25) is 9.36 Å². The highest BCUT2D eigenvalue weighted by molar-refractivity contribution is 7.20. The first kappa shape index (κ1) is 27.9. The number of carboxylic acid groups (broad SMARTS) is 1. The third kappa shape index (κ3) is 4.68. The van der Waals surface area contributed by atoms with Gasteiger partial charge < -0.3 is 26.1 Å². The minimum atomic E-state index is -2.51. The number of carbonyl (C=O) groups is 2. The summed E-state index contributed by atoms with van der Waals surface area (Å²) in [6.45, 7) is 6.85. The second-order valence-electron chi connectivity index (χ2n) is 8.04. The van der Waals surface area contributed by atoms with Crippen LogP contribution >= 0.6 is 11.3 Å². The number of aliphatic carboxylic acids is 1. The van der Waals surface area contributed by atoms with Crippen LogP contribution in [0.3, 0.4) is 0 Å². The number of benzene rings is 1. The maximum Gasteiger partial charge on any atom is 0.349 e. The Hall–Kier alpha value is -4.71. The predicted octanol–water partition coefficient (Wildman–Crippen LogP) is 2.62. The highest BCUT2D eigenvalue weighted by Gasteiger charge is 2.40. The number of aromatic nitrogens is 2. The van der Waals surface area contributed by atoms with Gasteiger partial charge in [0.15, 0.2) is 0 Å². The molecule has 11 nitrogen and oxygen atoms in total. The minimum absolute atomic E-state index is 0.0124. The lowest BCUT2D eigenvalue weighted by atomic mass is 10.0. The molecule has 3 aromatic rings. The van der Waals surface area contributed by atoms with E-state index in [2.05, 4.69) is 13.2 Å². The summed E-state index contributed by atoms with van der Waals surface area (Å²) in [5.74, 6) is -2.59. The summed E-state index contributed by atoms with van der Waals surface area (Å²) in [5, 5.41) is 32.4. The quantitative estimate of drug-likeness (QED) is 0.148. The molecule has 1 aromatic carbocycles. The van der Waals surface area contributed by atoms with Crippen LogP contribution in [0.15, 0.2) is 59.2 Å². The number of esters is 1. The maximum atomic E-state index is 13.8. The fourth-order valence-electron chi connectivity index (χ4n) is 4.08. The molecule has 12 heteroatoms. The van der Waals surface area contributed by atoms with Gasteiger partial charge in [0.1, 0.15) is 16.3 Å². The lowest BCUT2D eigenvalue weighted by Gasteiger charge is -2.24. The van der Waals surface area contributed by atoms with Crippen LogP contribution in [0.25, 0.3) is 10.2 Å². The Balaban J connectivity index is 2.40. The fourth-order valence-corrected chi connectivity index (χ4v) is 5.26. The number of nitrogens with zero attached hydrogens (tertiary/aromatic N) is 2. The standard InChI is InChI=1S/C26H25N5O6S/c1-3-7-16-8-5-6-9-17(16)10-12-30-22-19(18(14-28)20(38-22)23(33)37-13-11-27)21(32)31(25(30)36)26(4-2,15-29)24(34)35/h3-6,8-9,11,14-15,27-29H,1-2,7,10,12-13H2,(H,34,35). The minimum Gasteiger partial charge on any atom is -0.479 e. The number of hydrogen-bond donors (Lipinski definition) is 4. The normalized spacial score (nSPS) is 12.3. The molecule has 0 bridgehead atoms. The summed E-state index contributed by atoms with van der Waals surface area (Å²) in [7, 11) is 0. The molecule has 0 fully saturated rings. The second-order valence-corrected chi connectivity index (χ2v) is 9.04. The number of carboxylic acids is 1. The van der Waals surface area contributed by atoms with Crippen molar-refractivity contribution in [2.75, 3.05) is 6.61 Å². The third-order valence-corrected chi connectivity index (χ3v) is 7.18. The van der Waals surface area contributed by atoms with E-state index < -0.39 is 28.7 Å². The van der Waals surface area contributed by atoms with Gasteiger partial charge in [-0.2, -0.15) is 0 Å². The average molecular weight is 536 g/mol. The van der Waals surface area contributed by atoms with E-state index in [9.17, 15) is 24.3 Å². The topological polar surface area (TPSA) is 179 Å². The van der Waals surface area contributed by atoms with Gasteiger partial charge in [0.25, 0.3) is 5.56 Å². The van der Waals surface area contributed by atoms with Crippen molar-refractivity contribution in [2.24, 2.45) is 0 Å². The zero-order valence-corrected chi connectivity index (χ0v) is 21.0. The van der Waals surface area contributed by atoms with Crippen LogP contribution in [-0.2, 0) is 34.5 Å². The number of hydrogen-bond acceptors (Lipinski definition) is 9. The largest absolute Gasteiger partial charge is 0.479 e. The van der Waals surface area contributed by atoms with Crippen LogP contribution in [0.1, 0.15) is 26.4 Å². The molecule has 0 spiro atoms. The molecule has 0 aliphatic heterocycles. The van der Waals surface area contributed by atoms with Crippen LogP contribution in [-0.4, -0.2) is 51.4 Å². The first-order valence-corrected chi connectivity index (χ1v) is 12.1. The predicted molar refractivity (Wildman–Crippen MR) is 146 cm³/mol. The molecular formula is C26H25N5O6S. The molecule has 0 saturated carbocycles. The van der Waals surface area contributed by atoms with E-state index >= 15 is 0 Å². The van der Waals surface area contributed by atoms with Gasteiger partial charge in [0, 0.05) is 30.8 Å². The van der Waals surface area contributed by atoms with E-state index in [0.29, 0.717) is 23.6 Å². The number of rotatable bonds is 13. The SMILES string of the molecule is C=CCc1ccccc1CCn1c(=O)n(C(C=C)(C=N)C(=O)O)c(=O)c2c(C=N)c(C(=O)OCC=N)sc21. The molecule has 0 aliphatic carbocycles. The molecule has 0 amide bonds. The van der Waals surface area contributed by atoms with E-state index in [1.807, 2.05) is 24.3 Å². The molecule has 1 atom stereocenters. The van der Waals surface area contributed by atoms with Gasteiger partial charge in [-0.1, -0.05) is 36.9 Å². The van der Waals surface area contributed by atoms with Crippen molar-refractivity contribution in [1.29, 1.82) is 16.2 Å². The van der Waals surface area contributed by atoms with Crippen molar-refractivity contribution in [3.8, 4) is 0 Å². The summed E-state index contributed by atoms with van der Waals surface area (Å²) >= 11 is 0.757. The van der Waals surface area contributed by atoms with E-state index in [4.69, 9.17) is 21.0 Å². The molecule has 4 N–H and O–H groups in total.